The number of hydrogen-bond donors (Lipinski definition) is 1. The van der Waals surface area contributed by atoms with Crippen molar-refractivity contribution in [2.45, 2.75) is 11.1 Å². The maximum Gasteiger partial charge on any atom is 0.257 e. The molecule has 1 aliphatic heterocycles. The van der Waals surface area contributed by atoms with E-state index in [0.717, 1.165) is 0 Å². The van der Waals surface area contributed by atoms with Crippen LogP contribution in [0.2, 0.25) is 10.0 Å². The first-order valence-corrected chi connectivity index (χ1v) is 8.33. The molecule has 2 aromatic rings. The molecule has 1 amide bonds. The largest absolute Gasteiger partial charge is 0.367 e. The molecule has 1 heterocycles. The number of carbonyl (C=O) groups is 1. The first kappa shape index (κ1) is 17.7. The molecule has 0 spiro atoms. The second-order valence-corrected chi connectivity index (χ2v) is 6.43. The zero-order chi connectivity index (χ0) is 18.1. The van der Waals surface area contributed by atoms with E-state index in [1.54, 1.807) is 60.8 Å². The summed E-state index contributed by atoms with van der Waals surface area (Å²) in [6.45, 7) is 0. The Labute approximate surface area is 155 Å². The number of benzene rings is 2. The average molecular weight is 375 g/mol. The van der Waals surface area contributed by atoms with Crippen molar-refractivity contribution in [1.82, 2.24) is 0 Å². The van der Waals surface area contributed by atoms with Crippen LogP contribution in [0.15, 0.2) is 65.7 Å². The molecule has 2 unspecified atom stereocenters. The van der Waals surface area contributed by atoms with Gasteiger partial charge < -0.3 is 10.5 Å². The third kappa shape index (κ3) is 2.49. The van der Waals surface area contributed by atoms with Crippen LogP contribution >= 0.6 is 23.2 Å². The van der Waals surface area contributed by atoms with Gasteiger partial charge in [-0.05, 0) is 29.8 Å². The number of amides is 1. The van der Waals surface area contributed by atoms with Gasteiger partial charge in [0.1, 0.15) is 5.54 Å². The van der Waals surface area contributed by atoms with Crippen molar-refractivity contribution in [1.29, 1.82) is 0 Å². The molecule has 6 heteroatoms. The fourth-order valence-electron chi connectivity index (χ4n) is 3.38. The molecule has 0 saturated carbocycles. The zero-order valence-corrected chi connectivity index (χ0v) is 15.0. The highest BCUT2D eigenvalue weighted by Gasteiger charge is 2.59. The van der Waals surface area contributed by atoms with Crippen LogP contribution in [0.1, 0.15) is 11.1 Å². The molecule has 25 heavy (non-hydrogen) atoms. The van der Waals surface area contributed by atoms with E-state index >= 15 is 0 Å². The number of halogens is 2. The van der Waals surface area contributed by atoms with Crippen LogP contribution in [0.5, 0.6) is 0 Å². The molecular weight excluding hydrogens is 359 g/mol. The second-order valence-electron chi connectivity index (χ2n) is 5.62. The molecule has 0 fully saturated rings. The van der Waals surface area contributed by atoms with Crippen molar-refractivity contribution in [3.63, 3.8) is 0 Å². The van der Waals surface area contributed by atoms with Crippen LogP contribution in [0, 0.1) is 0 Å². The Hall–Kier alpha value is -2.14. The van der Waals surface area contributed by atoms with Gasteiger partial charge in [0, 0.05) is 28.9 Å². The number of carbonyl (C=O) groups excluding carboxylic acids is 1. The van der Waals surface area contributed by atoms with Gasteiger partial charge in [-0.2, -0.15) is 0 Å². The predicted molar refractivity (Wildman–Crippen MR) is 100 cm³/mol. The van der Waals surface area contributed by atoms with Crippen molar-refractivity contribution in [2.24, 2.45) is 10.7 Å². The van der Waals surface area contributed by atoms with E-state index in [-0.39, 0.29) is 0 Å². The molecule has 2 aromatic carbocycles. The summed E-state index contributed by atoms with van der Waals surface area (Å²) >= 11 is 12.9. The second kappa shape index (κ2) is 6.64. The van der Waals surface area contributed by atoms with Gasteiger partial charge in [0.2, 0.25) is 5.60 Å². The van der Waals surface area contributed by atoms with Gasteiger partial charge in [0.15, 0.2) is 0 Å². The summed E-state index contributed by atoms with van der Waals surface area (Å²) in [7, 11) is 1.42. The van der Waals surface area contributed by atoms with E-state index in [9.17, 15) is 4.79 Å². The fraction of sp³-hybridized carbons (Fsp3) is 0.158. The summed E-state index contributed by atoms with van der Waals surface area (Å²) in [4.78, 5) is 17.3. The van der Waals surface area contributed by atoms with Gasteiger partial charge in [-0.15, -0.1) is 0 Å². The standard InChI is InChI=1S/C19H16Cl2N2O2/c1-25-19(17(22)24,13-7-3-2-4-8-13)18(11-6-12-23-18)16-14(20)9-5-10-15(16)21/h2-12H,1H3,(H2,22,24). The van der Waals surface area contributed by atoms with E-state index in [2.05, 4.69) is 4.99 Å². The highest BCUT2D eigenvalue weighted by atomic mass is 35.5. The lowest BCUT2D eigenvalue weighted by Crippen LogP contribution is -2.56. The van der Waals surface area contributed by atoms with Gasteiger partial charge in [-0.3, -0.25) is 9.79 Å². The highest BCUT2D eigenvalue weighted by Crippen LogP contribution is 2.52. The highest BCUT2D eigenvalue weighted by molar-refractivity contribution is 6.36. The van der Waals surface area contributed by atoms with Crippen LogP contribution in [-0.4, -0.2) is 19.2 Å². The van der Waals surface area contributed by atoms with E-state index in [0.29, 0.717) is 21.2 Å². The number of rotatable bonds is 5. The van der Waals surface area contributed by atoms with Crippen LogP contribution in [0.4, 0.5) is 0 Å². The number of allylic oxidation sites excluding steroid dienone is 1. The summed E-state index contributed by atoms with van der Waals surface area (Å²) in [5.41, 5.74) is 3.95. The summed E-state index contributed by atoms with van der Waals surface area (Å²) in [5.74, 6) is -0.694. The van der Waals surface area contributed by atoms with Gasteiger partial charge >= 0.3 is 0 Å². The lowest BCUT2D eigenvalue weighted by atomic mass is 9.70. The molecule has 0 bridgehead atoms. The molecule has 0 aliphatic carbocycles. The smallest absolute Gasteiger partial charge is 0.257 e. The topological polar surface area (TPSA) is 64.7 Å². The first-order valence-electron chi connectivity index (χ1n) is 7.57. The lowest BCUT2D eigenvalue weighted by molar-refractivity contribution is -0.149. The summed E-state index contributed by atoms with van der Waals surface area (Å²) in [6.07, 6.45) is 5.04. The minimum atomic E-state index is -1.62. The van der Waals surface area contributed by atoms with Gasteiger partial charge in [-0.25, -0.2) is 0 Å². The fourth-order valence-corrected chi connectivity index (χ4v) is 4.06. The molecule has 2 atom stereocenters. The minimum absolute atomic E-state index is 0.370. The van der Waals surface area contributed by atoms with E-state index in [1.165, 1.54) is 7.11 Å². The maximum atomic E-state index is 12.7. The number of nitrogens with two attached hydrogens (primary N) is 1. The first-order chi connectivity index (χ1) is 12.0. The molecule has 4 nitrogen and oxygen atoms in total. The predicted octanol–water partition coefficient (Wildman–Crippen LogP) is 3.86. The molecule has 0 saturated heterocycles. The van der Waals surface area contributed by atoms with Crippen LogP contribution in [0.25, 0.3) is 0 Å². The number of ether oxygens (including phenoxy) is 1. The van der Waals surface area contributed by atoms with Crippen molar-refractivity contribution >= 4 is 35.3 Å². The number of methoxy groups -OCH3 is 1. The summed E-state index contributed by atoms with van der Waals surface area (Å²) in [6, 6.07) is 14.1. The third-order valence-electron chi connectivity index (χ3n) is 4.42. The van der Waals surface area contributed by atoms with Gasteiger partial charge in [0.05, 0.1) is 0 Å². The SMILES string of the molecule is COC(C(N)=O)(c1ccccc1)C1(c2c(Cl)cccc2Cl)C=CC=N1. The van der Waals surface area contributed by atoms with E-state index in [1.807, 2.05) is 6.07 Å². The van der Waals surface area contributed by atoms with Gasteiger partial charge in [-0.1, -0.05) is 59.6 Å². The molecule has 3 rings (SSSR count). The quantitative estimate of drug-likeness (QED) is 0.863. The monoisotopic (exact) mass is 374 g/mol. The van der Waals surface area contributed by atoms with E-state index in [4.69, 9.17) is 33.7 Å². The van der Waals surface area contributed by atoms with Crippen LogP contribution in [0.3, 0.4) is 0 Å². The molecule has 1 aliphatic rings. The van der Waals surface area contributed by atoms with Crippen molar-refractivity contribution in [3.8, 4) is 0 Å². The Morgan fingerprint density at radius 1 is 1.12 bits per heavy atom. The average Bonchev–Trinajstić information content (AvgIpc) is 3.07. The Morgan fingerprint density at radius 3 is 2.24 bits per heavy atom. The minimum Gasteiger partial charge on any atom is -0.367 e. The molecule has 2 N–H and O–H groups in total. The Bertz CT molecular complexity index is 833. The molecule has 0 radical (unpaired) electrons. The third-order valence-corrected chi connectivity index (χ3v) is 5.05. The van der Waals surface area contributed by atoms with Crippen molar-refractivity contribution in [2.75, 3.05) is 7.11 Å². The van der Waals surface area contributed by atoms with Crippen molar-refractivity contribution < 1.29 is 9.53 Å². The van der Waals surface area contributed by atoms with Crippen LogP contribution < -0.4 is 5.73 Å². The van der Waals surface area contributed by atoms with Crippen molar-refractivity contribution in [3.05, 3.63) is 81.9 Å². The molecule has 128 valence electrons. The van der Waals surface area contributed by atoms with E-state index < -0.39 is 17.0 Å². The Kier molecular flexibility index (Phi) is 4.69. The van der Waals surface area contributed by atoms with Gasteiger partial charge in [0.25, 0.3) is 5.91 Å². The summed E-state index contributed by atoms with van der Waals surface area (Å²) in [5, 5.41) is 0.740. The maximum absolute atomic E-state index is 12.7. The number of primary amides is 1. The van der Waals surface area contributed by atoms with Crippen LogP contribution in [-0.2, 0) is 20.7 Å². The summed E-state index contributed by atoms with van der Waals surface area (Å²) < 4.78 is 5.78. The number of hydrogen-bond acceptors (Lipinski definition) is 3. The Morgan fingerprint density at radius 2 is 1.76 bits per heavy atom. The molecular formula is C19H16Cl2N2O2. The molecule has 0 aromatic heterocycles. The zero-order valence-electron chi connectivity index (χ0n) is 13.4. The number of nitrogens with zero attached hydrogens (tertiary/aromatic N) is 1. The number of aliphatic imine (C=N–C) groups is 1. The lowest BCUT2D eigenvalue weighted by Gasteiger charge is -2.43. The normalized spacial score (nSPS) is 21.2. The Balaban J connectivity index is 2.42.